The minimum absolute atomic E-state index is 0.0379. The zero-order valence-corrected chi connectivity index (χ0v) is 15.4. The Labute approximate surface area is 155 Å². The molecule has 132 valence electrons. The van der Waals surface area contributed by atoms with E-state index >= 15 is 0 Å². The molecule has 0 unspecified atom stereocenters. The van der Waals surface area contributed by atoms with Gasteiger partial charge >= 0.3 is 0 Å². The summed E-state index contributed by atoms with van der Waals surface area (Å²) >= 11 is 1.45. The molecule has 0 aliphatic heterocycles. The van der Waals surface area contributed by atoms with Crippen LogP contribution < -0.4 is 5.32 Å². The molecule has 0 aliphatic carbocycles. The number of hydrogen-bond acceptors (Lipinski definition) is 4. The van der Waals surface area contributed by atoms with Crippen LogP contribution in [0.4, 0.5) is 0 Å². The second-order valence-electron chi connectivity index (χ2n) is 6.16. The second-order valence-corrected chi connectivity index (χ2v) is 7.11. The van der Waals surface area contributed by atoms with Crippen molar-refractivity contribution in [3.8, 4) is 0 Å². The third kappa shape index (κ3) is 3.12. The van der Waals surface area contributed by atoms with Crippen molar-refractivity contribution in [2.24, 2.45) is 0 Å². The Hall–Kier alpha value is -2.60. The Morgan fingerprint density at radius 3 is 2.69 bits per heavy atom. The molecule has 1 N–H and O–H groups in total. The van der Waals surface area contributed by atoms with Gasteiger partial charge in [0.15, 0.2) is 5.16 Å². The number of thioether (sulfide) groups is 1. The van der Waals surface area contributed by atoms with E-state index in [9.17, 15) is 4.79 Å². The fraction of sp³-hybridized carbons (Fsp3) is 0.250. The summed E-state index contributed by atoms with van der Waals surface area (Å²) in [5, 5.41) is 4.76. The lowest BCUT2D eigenvalue weighted by atomic mass is 10.2. The maximum atomic E-state index is 12.1. The molecule has 0 saturated carbocycles. The van der Waals surface area contributed by atoms with E-state index in [1.807, 2.05) is 48.5 Å². The summed E-state index contributed by atoms with van der Waals surface area (Å²) < 4.78 is 2.06. The van der Waals surface area contributed by atoms with Gasteiger partial charge in [0.1, 0.15) is 5.65 Å². The van der Waals surface area contributed by atoms with Gasteiger partial charge in [-0.2, -0.15) is 0 Å². The number of aromatic nitrogens is 3. The van der Waals surface area contributed by atoms with E-state index < -0.39 is 0 Å². The van der Waals surface area contributed by atoms with Crippen LogP contribution in [0.1, 0.15) is 19.8 Å². The maximum absolute atomic E-state index is 12.1. The van der Waals surface area contributed by atoms with Gasteiger partial charge in [0.2, 0.25) is 5.91 Å². The number of imidazole rings is 1. The van der Waals surface area contributed by atoms with E-state index in [2.05, 4.69) is 16.6 Å². The third-order valence-electron chi connectivity index (χ3n) is 4.30. The highest BCUT2D eigenvalue weighted by molar-refractivity contribution is 7.99. The largest absolute Gasteiger partial charge is 0.355 e. The summed E-state index contributed by atoms with van der Waals surface area (Å²) in [6.07, 6.45) is 2.07. The van der Waals surface area contributed by atoms with E-state index in [-0.39, 0.29) is 5.91 Å². The van der Waals surface area contributed by atoms with Crippen molar-refractivity contribution in [3.05, 3.63) is 48.5 Å². The van der Waals surface area contributed by atoms with Crippen LogP contribution >= 0.6 is 11.8 Å². The Kier molecular flexibility index (Phi) is 4.75. The quantitative estimate of drug-likeness (QED) is 0.319. The summed E-state index contributed by atoms with van der Waals surface area (Å²) in [5.41, 5.74) is 3.71. The van der Waals surface area contributed by atoms with Gasteiger partial charge in [-0.15, -0.1) is 0 Å². The highest BCUT2D eigenvalue weighted by atomic mass is 32.2. The summed E-state index contributed by atoms with van der Waals surface area (Å²) in [7, 11) is 0. The summed E-state index contributed by atoms with van der Waals surface area (Å²) in [4.78, 5) is 21.7. The van der Waals surface area contributed by atoms with Crippen molar-refractivity contribution in [1.82, 2.24) is 19.7 Å². The van der Waals surface area contributed by atoms with Crippen LogP contribution in [0, 0.1) is 0 Å². The van der Waals surface area contributed by atoms with E-state index in [1.165, 1.54) is 11.8 Å². The minimum Gasteiger partial charge on any atom is -0.355 e. The van der Waals surface area contributed by atoms with Crippen molar-refractivity contribution in [2.75, 3.05) is 12.3 Å². The number of para-hydroxylation sites is 3. The number of unbranched alkanes of at least 4 members (excludes halogenated alkanes) is 1. The topological polar surface area (TPSA) is 59.3 Å². The van der Waals surface area contributed by atoms with E-state index in [0.29, 0.717) is 5.75 Å². The van der Waals surface area contributed by atoms with Crippen LogP contribution in [0.25, 0.3) is 27.6 Å². The number of carbonyl (C=O) groups is 1. The van der Waals surface area contributed by atoms with E-state index in [0.717, 1.165) is 52.1 Å². The van der Waals surface area contributed by atoms with Crippen molar-refractivity contribution in [3.63, 3.8) is 0 Å². The fourth-order valence-electron chi connectivity index (χ4n) is 3.00. The van der Waals surface area contributed by atoms with Gasteiger partial charge in [-0.25, -0.2) is 9.97 Å². The molecule has 1 amide bonds. The van der Waals surface area contributed by atoms with Crippen LogP contribution in [0.15, 0.2) is 53.7 Å². The molecule has 5 nitrogen and oxygen atoms in total. The molecule has 0 bridgehead atoms. The predicted octanol–water partition coefficient (Wildman–Crippen LogP) is 4.04. The van der Waals surface area contributed by atoms with Gasteiger partial charge in [-0.3, -0.25) is 9.20 Å². The van der Waals surface area contributed by atoms with E-state index in [4.69, 9.17) is 9.97 Å². The van der Waals surface area contributed by atoms with Crippen LogP contribution in [0.5, 0.6) is 0 Å². The Balaban J connectivity index is 1.76. The number of carbonyl (C=O) groups excluding carboxylic acids is 1. The lowest BCUT2D eigenvalue weighted by Crippen LogP contribution is -2.26. The number of fused-ring (bicyclic) bond motifs is 5. The number of nitrogens with one attached hydrogen (secondary N) is 1. The SMILES string of the molecule is CCCCNC(=O)CSc1nc2ccccc2c2nc3ccccc3n12. The van der Waals surface area contributed by atoms with Crippen molar-refractivity contribution >= 4 is 45.3 Å². The number of nitrogens with zero attached hydrogens (tertiary/aromatic N) is 3. The molecule has 4 rings (SSSR count). The number of hydrogen-bond donors (Lipinski definition) is 1. The molecular weight excluding hydrogens is 344 g/mol. The first kappa shape index (κ1) is 16.8. The number of amides is 1. The summed E-state index contributed by atoms with van der Waals surface area (Å²) in [6.45, 7) is 2.84. The fourth-order valence-corrected chi connectivity index (χ4v) is 3.84. The Morgan fingerprint density at radius 1 is 1.08 bits per heavy atom. The molecular formula is C20H20N4OS. The first-order valence-corrected chi connectivity index (χ1v) is 9.82. The average molecular weight is 364 g/mol. The summed E-state index contributed by atoms with van der Waals surface area (Å²) in [6, 6.07) is 16.0. The second kappa shape index (κ2) is 7.33. The van der Waals surface area contributed by atoms with Crippen LogP contribution in [-0.2, 0) is 4.79 Å². The van der Waals surface area contributed by atoms with Crippen molar-refractivity contribution in [1.29, 1.82) is 0 Å². The van der Waals surface area contributed by atoms with E-state index in [1.54, 1.807) is 0 Å². The minimum atomic E-state index is 0.0379. The smallest absolute Gasteiger partial charge is 0.230 e. The van der Waals surface area contributed by atoms with Gasteiger partial charge in [-0.05, 0) is 30.7 Å². The molecule has 2 heterocycles. The van der Waals surface area contributed by atoms with Crippen LogP contribution in [0.3, 0.4) is 0 Å². The highest BCUT2D eigenvalue weighted by Crippen LogP contribution is 2.28. The maximum Gasteiger partial charge on any atom is 0.230 e. The first-order valence-electron chi connectivity index (χ1n) is 8.83. The monoisotopic (exact) mass is 364 g/mol. The van der Waals surface area contributed by atoms with Crippen LogP contribution in [0.2, 0.25) is 0 Å². The van der Waals surface area contributed by atoms with Crippen LogP contribution in [-0.4, -0.2) is 32.6 Å². The van der Waals surface area contributed by atoms with Gasteiger partial charge < -0.3 is 5.32 Å². The normalized spacial score (nSPS) is 11.4. The van der Waals surface area contributed by atoms with Gasteiger partial charge in [0.05, 0.1) is 22.3 Å². The molecule has 26 heavy (non-hydrogen) atoms. The summed E-state index contributed by atoms with van der Waals surface area (Å²) in [5.74, 6) is 0.382. The molecule has 4 aromatic rings. The molecule has 0 saturated heterocycles. The average Bonchev–Trinajstić information content (AvgIpc) is 3.06. The Morgan fingerprint density at radius 2 is 1.85 bits per heavy atom. The molecule has 0 atom stereocenters. The lowest BCUT2D eigenvalue weighted by Gasteiger charge is -2.08. The van der Waals surface area contributed by atoms with Crippen molar-refractivity contribution in [2.45, 2.75) is 24.9 Å². The van der Waals surface area contributed by atoms with Crippen molar-refractivity contribution < 1.29 is 4.79 Å². The molecule has 6 heteroatoms. The lowest BCUT2D eigenvalue weighted by molar-refractivity contribution is -0.118. The first-order chi connectivity index (χ1) is 12.8. The third-order valence-corrected chi connectivity index (χ3v) is 5.24. The van der Waals surface area contributed by atoms with Gasteiger partial charge in [0.25, 0.3) is 0 Å². The zero-order valence-electron chi connectivity index (χ0n) is 14.6. The highest BCUT2D eigenvalue weighted by Gasteiger charge is 2.14. The predicted molar refractivity (Wildman–Crippen MR) is 107 cm³/mol. The molecule has 2 aromatic carbocycles. The van der Waals surface area contributed by atoms with Gasteiger partial charge in [0, 0.05) is 11.9 Å². The number of benzene rings is 2. The molecule has 0 aliphatic rings. The Bertz CT molecular complexity index is 1090. The molecule has 2 aromatic heterocycles. The molecule has 0 spiro atoms. The number of rotatable bonds is 6. The molecule has 0 fully saturated rings. The van der Waals surface area contributed by atoms with Gasteiger partial charge in [-0.1, -0.05) is 49.4 Å². The molecule has 0 radical (unpaired) electrons. The zero-order chi connectivity index (χ0) is 17.9. The standard InChI is InChI=1S/C20H20N4OS/c1-2-3-12-21-18(25)13-26-20-23-15-9-5-4-8-14(15)19-22-16-10-6-7-11-17(16)24(19)20/h4-11H,2-3,12-13H2,1H3,(H,21,25).